The Balaban J connectivity index is 1.19. The van der Waals surface area contributed by atoms with Gasteiger partial charge < -0.3 is 19.8 Å². The standard InChI is InChI=1S/C26H25N3O3/c30-25(27-22-13-7-8-14-24(22)31-21-11-5-2-6-12-21)29-17-15-26(16-18-29)19-23(28-32-26)20-9-3-1-4-10-20/h1-14H,15-19H2,(H,27,30). The quantitative estimate of drug-likeness (QED) is 0.583. The smallest absolute Gasteiger partial charge is 0.321 e. The Bertz CT molecular complexity index is 1110. The summed E-state index contributed by atoms with van der Waals surface area (Å²) in [5.74, 6) is 1.34. The van der Waals surface area contributed by atoms with Crippen LogP contribution in [0.4, 0.5) is 10.5 Å². The highest BCUT2D eigenvalue weighted by molar-refractivity contribution is 6.01. The van der Waals surface area contributed by atoms with Crippen LogP contribution in [0.1, 0.15) is 24.8 Å². The highest BCUT2D eigenvalue weighted by atomic mass is 16.7. The third-order valence-electron chi connectivity index (χ3n) is 6.01. The summed E-state index contributed by atoms with van der Waals surface area (Å²) in [6.45, 7) is 1.23. The maximum atomic E-state index is 13.0. The topological polar surface area (TPSA) is 63.2 Å². The number of piperidine rings is 1. The minimum Gasteiger partial charge on any atom is -0.455 e. The third-order valence-corrected chi connectivity index (χ3v) is 6.01. The zero-order valence-electron chi connectivity index (χ0n) is 17.7. The van der Waals surface area contributed by atoms with Crippen LogP contribution in [0.15, 0.2) is 90.1 Å². The zero-order valence-corrected chi connectivity index (χ0v) is 17.7. The van der Waals surface area contributed by atoms with E-state index in [-0.39, 0.29) is 11.6 Å². The average Bonchev–Trinajstić information content (AvgIpc) is 3.25. The number of rotatable bonds is 4. The second kappa shape index (κ2) is 8.75. The molecule has 162 valence electrons. The summed E-state index contributed by atoms with van der Waals surface area (Å²) < 4.78 is 5.96. The minimum absolute atomic E-state index is 0.133. The van der Waals surface area contributed by atoms with Gasteiger partial charge in [0, 0.05) is 32.4 Å². The molecule has 1 saturated heterocycles. The van der Waals surface area contributed by atoms with Gasteiger partial charge in [-0.25, -0.2) is 4.79 Å². The van der Waals surface area contributed by atoms with Gasteiger partial charge in [-0.2, -0.15) is 0 Å². The first-order chi connectivity index (χ1) is 15.7. The SMILES string of the molecule is O=C(Nc1ccccc1Oc1ccccc1)N1CCC2(CC1)CC(c1ccccc1)=NO2. The molecule has 5 rings (SSSR count). The van der Waals surface area contributed by atoms with Crippen LogP contribution >= 0.6 is 0 Å². The van der Waals surface area contributed by atoms with E-state index in [2.05, 4.69) is 22.6 Å². The van der Waals surface area contributed by atoms with Crippen LogP contribution in [0, 0.1) is 0 Å². The zero-order chi connectivity index (χ0) is 21.8. The number of nitrogens with one attached hydrogen (secondary N) is 1. The lowest BCUT2D eigenvalue weighted by molar-refractivity contribution is -0.0544. The molecule has 2 aliphatic rings. The Morgan fingerprint density at radius 1 is 0.906 bits per heavy atom. The van der Waals surface area contributed by atoms with Crippen molar-refractivity contribution in [3.05, 3.63) is 90.5 Å². The second-order valence-corrected chi connectivity index (χ2v) is 8.18. The molecule has 0 unspecified atom stereocenters. The van der Waals surface area contributed by atoms with E-state index < -0.39 is 0 Å². The number of hydrogen-bond acceptors (Lipinski definition) is 4. The predicted molar refractivity (Wildman–Crippen MR) is 124 cm³/mol. The van der Waals surface area contributed by atoms with Crippen LogP contribution < -0.4 is 10.1 Å². The Morgan fingerprint density at radius 3 is 2.31 bits per heavy atom. The lowest BCUT2D eigenvalue weighted by atomic mass is 9.85. The molecule has 0 radical (unpaired) electrons. The Morgan fingerprint density at radius 2 is 1.56 bits per heavy atom. The molecule has 0 saturated carbocycles. The summed E-state index contributed by atoms with van der Waals surface area (Å²) in [7, 11) is 0. The normalized spacial score (nSPS) is 16.9. The molecule has 3 aromatic carbocycles. The molecule has 0 atom stereocenters. The summed E-state index contributed by atoms with van der Waals surface area (Å²) in [6, 6.07) is 27.0. The van der Waals surface area contributed by atoms with E-state index in [9.17, 15) is 4.79 Å². The van der Waals surface area contributed by atoms with Gasteiger partial charge in [0.05, 0.1) is 11.4 Å². The van der Waals surface area contributed by atoms with Crippen molar-refractivity contribution in [3.8, 4) is 11.5 Å². The molecule has 2 amide bonds. The Hall–Kier alpha value is -3.80. The highest BCUT2D eigenvalue weighted by Crippen LogP contribution is 2.36. The van der Waals surface area contributed by atoms with Gasteiger partial charge in [-0.3, -0.25) is 0 Å². The number of carbonyl (C=O) groups excluding carboxylic acids is 1. The molecule has 0 aliphatic carbocycles. The number of carbonyl (C=O) groups is 1. The van der Waals surface area contributed by atoms with Crippen LogP contribution in [0.25, 0.3) is 0 Å². The van der Waals surface area contributed by atoms with Crippen molar-refractivity contribution in [3.63, 3.8) is 0 Å². The molecule has 6 nitrogen and oxygen atoms in total. The van der Waals surface area contributed by atoms with E-state index in [4.69, 9.17) is 9.57 Å². The fourth-order valence-electron chi connectivity index (χ4n) is 4.16. The van der Waals surface area contributed by atoms with Gasteiger partial charge in [0.25, 0.3) is 0 Å². The Kier molecular flexibility index (Phi) is 5.50. The number of para-hydroxylation sites is 3. The minimum atomic E-state index is -0.309. The van der Waals surface area contributed by atoms with E-state index in [1.54, 1.807) is 0 Å². The number of hydrogen-bond donors (Lipinski definition) is 1. The van der Waals surface area contributed by atoms with Gasteiger partial charge in [0.2, 0.25) is 0 Å². The number of likely N-dealkylation sites (tertiary alicyclic amines) is 1. The van der Waals surface area contributed by atoms with Crippen molar-refractivity contribution >= 4 is 17.4 Å². The van der Waals surface area contributed by atoms with Gasteiger partial charge in [0.15, 0.2) is 5.75 Å². The first-order valence-corrected chi connectivity index (χ1v) is 10.9. The van der Waals surface area contributed by atoms with Gasteiger partial charge in [-0.15, -0.1) is 0 Å². The predicted octanol–water partition coefficient (Wildman–Crippen LogP) is 5.67. The number of anilines is 1. The van der Waals surface area contributed by atoms with Crippen molar-refractivity contribution < 1.29 is 14.4 Å². The summed E-state index contributed by atoms with van der Waals surface area (Å²) >= 11 is 0. The van der Waals surface area contributed by atoms with Crippen LogP contribution in [0.5, 0.6) is 11.5 Å². The molecule has 2 aliphatic heterocycles. The fourth-order valence-corrected chi connectivity index (χ4v) is 4.16. The third kappa shape index (κ3) is 4.30. The molecule has 2 heterocycles. The molecular formula is C26H25N3O3. The van der Waals surface area contributed by atoms with Crippen molar-refractivity contribution in [1.82, 2.24) is 4.90 Å². The molecule has 3 aromatic rings. The number of benzene rings is 3. The second-order valence-electron chi connectivity index (χ2n) is 8.18. The average molecular weight is 428 g/mol. The monoisotopic (exact) mass is 427 g/mol. The van der Waals surface area contributed by atoms with Crippen LogP contribution in [-0.4, -0.2) is 35.3 Å². The lowest BCUT2D eigenvalue weighted by Crippen LogP contribution is -2.48. The first-order valence-electron chi connectivity index (χ1n) is 10.9. The fraction of sp³-hybridized carbons (Fsp3) is 0.231. The van der Waals surface area contributed by atoms with E-state index in [0.29, 0.717) is 24.5 Å². The van der Waals surface area contributed by atoms with Crippen molar-refractivity contribution in [2.75, 3.05) is 18.4 Å². The summed E-state index contributed by atoms with van der Waals surface area (Å²) in [5.41, 5.74) is 2.42. The van der Waals surface area contributed by atoms with Gasteiger partial charge in [0.1, 0.15) is 11.4 Å². The van der Waals surface area contributed by atoms with Crippen LogP contribution in [0.2, 0.25) is 0 Å². The molecule has 0 bridgehead atoms. The van der Waals surface area contributed by atoms with Crippen molar-refractivity contribution in [1.29, 1.82) is 0 Å². The van der Waals surface area contributed by atoms with E-state index >= 15 is 0 Å². The van der Waals surface area contributed by atoms with E-state index in [0.717, 1.165) is 36.3 Å². The van der Waals surface area contributed by atoms with E-state index in [1.165, 1.54) is 0 Å². The Labute approximate surface area is 187 Å². The largest absolute Gasteiger partial charge is 0.455 e. The maximum Gasteiger partial charge on any atom is 0.321 e. The van der Waals surface area contributed by atoms with Crippen molar-refractivity contribution in [2.45, 2.75) is 24.9 Å². The summed E-state index contributed by atoms with van der Waals surface area (Å²) in [6.07, 6.45) is 2.28. The molecule has 32 heavy (non-hydrogen) atoms. The molecule has 1 N–H and O–H groups in total. The molecular weight excluding hydrogens is 402 g/mol. The molecule has 6 heteroatoms. The maximum absolute atomic E-state index is 13.0. The van der Waals surface area contributed by atoms with Gasteiger partial charge >= 0.3 is 6.03 Å². The number of urea groups is 1. The summed E-state index contributed by atoms with van der Waals surface area (Å²) in [5, 5.41) is 7.36. The number of ether oxygens (including phenoxy) is 1. The van der Waals surface area contributed by atoms with E-state index in [1.807, 2.05) is 77.7 Å². The molecule has 1 fully saturated rings. The summed E-state index contributed by atoms with van der Waals surface area (Å²) in [4.78, 5) is 20.7. The first kappa shape index (κ1) is 20.1. The lowest BCUT2D eigenvalue weighted by Gasteiger charge is -2.37. The van der Waals surface area contributed by atoms with Gasteiger partial charge in [-0.1, -0.05) is 65.8 Å². The van der Waals surface area contributed by atoms with Gasteiger partial charge in [-0.05, 0) is 29.8 Å². The number of oxime groups is 1. The highest BCUT2D eigenvalue weighted by Gasteiger charge is 2.43. The van der Waals surface area contributed by atoms with Crippen LogP contribution in [0.3, 0.4) is 0 Å². The number of amides is 2. The molecule has 1 spiro atoms. The van der Waals surface area contributed by atoms with Crippen molar-refractivity contribution in [2.24, 2.45) is 5.16 Å². The molecule has 0 aromatic heterocycles. The number of nitrogens with zero attached hydrogens (tertiary/aromatic N) is 2. The van der Waals surface area contributed by atoms with Crippen LogP contribution in [-0.2, 0) is 4.84 Å².